The highest BCUT2D eigenvalue weighted by Gasteiger charge is 2.25. The molecule has 1 heterocycles. The predicted octanol–water partition coefficient (Wildman–Crippen LogP) is 2.24. The molecule has 4 heteroatoms. The quantitative estimate of drug-likeness (QED) is 0.819. The van der Waals surface area contributed by atoms with E-state index < -0.39 is 0 Å². The molecule has 0 amide bonds. The van der Waals surface area contributed by atoms with Crippen molar-refractivity contribution >= 4 is 11.5 Å². The second-order valence-corrected chi connectivity index (χ2v) is 5.00. The van der Waals surface area contributed by atoms with E-state index in [0.717, 1.165) is 0 Å². The smallest absolute Gasteiger partial charge is 0.159 e. The van der Waals surface area contributed by atoms with Crippen molar-refractivity contribution in [2.75, 3.05) is 18.0 Å². The first kappa shape index (κ1) is 13.0. The Kier molecular flexibility index (Phi) is 3.66. The number of aliphatic hydroxyl groups excluding tert-OH is 1. The molecule has 1 aliphatic heterocycles. The van der Waals surface area contributed by atoms with Crippen molar-refractivity contribution < 1.29 is 14.3 Å². The van der Waals surface area contributed by atoms with Crippen LogP contribution in [0.1, 0.15) is 30.6 Å². The van der Waals surface area contributed by atoms with Gasteiger partial charge in [-0.25, -0.2) is 4.39 Å². The highest BCUT2D eigenvalue weighted by Crippen LogP contribution is 2.26. The fourth-order valence-corrected chi connectivity index (χ4v) is 2.33. The van der Waals surface area contributed by atoms with E-state index >= 15 is 0 Å². The van der Waals surface area contributed by atoms with Gasteiger partial charge in [0.1, 0.15) is 5.82 Å². The van der Waals surface area contributed by atoms with E-state index in [1.807, 2.05) is 11.8 Å². The number of Topliss-reactive ketones (excluding diaryl/α,β-unsaturated/α-hetero) is 1. The van der Waals surface area contributed by atoms with Gasteiger partial charge in [0.25, 0.3) is 0 Å². The zero-order valence-electron chi connectivity index (χ0n) is 10.7. The molecule has 0 spiro atoms. The van der Waals surface area contributed by atoms with Gasteiger partial charge < -0.3 is 10.0 Å². The number of benzene rings is 1. The highest BCUT2D eigenvalue weighted by atomic mass is 19.1. The summed E-state index contributed by atoms with van der Waals surface area (Å²) in [5, 5.41) is 9.66. The minimum Gasteiger partial charge on any atom is -0.393 e. The zero-order chi connectivity index (χ0) is 13.3. The molecular weight excluding hydrogens is 233 g/mol. The van der Waals surface area contributed by atoms with E-state index in [2.05, 4.69) is 0 Å². The number of hydrogen-bond donors (Lipinski definition) is 1. The fraction of sp³-hybridized carbons (Fsp3) is 0.500. The number of hydrogen-bond acceptors (Lipinski definition) is 3. The van der Waals surface area contributed by atoms with Crippen LogP contribution < -0.4 is 4.90 Å². The SMILES string of the molecule is CC(=O)c1ccc(N2CCC(O)C(C)C2)c(F)c1. The van der Waals surface area contributed by atoms with Crippen molar-refractivity contribution in [1.82, 2.24) is 0 Å². The molecule has 2 unspecified atom stereocenters. The van der Waals surface area contributed by atoms with Gasteiger partial charge in [0, 0.05) is 18.7 Å². The first-order chi connectivity index (χ1) is 8.49. The third-order valence-corrected chi connectivity index (χ3v) is 3.55. The van der Waals surface area contributed by atoms with Crippen molar-refractivity contribution in [2.45, 2.75) is 26.4 Å². The van der Waals surface area contributed by atoms with Crippen LogP contribution in [0.5, 0.6) is 0 Å². The average molecular weight is 251 g/mol. The lowest BCUT2D eigenvalue weighted by Crippen LogP contribution is -2.42. The topological polar surface area (TPSA) is 40.5 Å². The molecule has 0 bridgehead atoms. The molecule has 1 aromatic rings. The van der Waals surface area contributed by atoms with Gasteiger partial charge in [0.2, 0.25) is 0 Å². The Labute approximate surface area is 106 Å². The molecule has 3 nitrogen and oxygen atoms in total. The van der Waals surface area contributed by atoms with Gasteiger partial charge in [0.15, 0.2) is 5.78 Å². The number of carbonyl (C=O) groups excluding carboxylic acids is 1. The molecule has 0 aromatic heterocycles. The number of rotatable bonds is 2. The maximum absolute atomic E-state index is 14.0. The monoisotopic (exact) mass is 251 g/mol. The van der Waals surface area contributed by atoms with Crippen molar-refractivity contribution in [1.29, 1.82) is 0 Å². The summed E-state index contributed by atoms with van der Waals surface area (Å²) in [6, 6.07) is 4.58. The number of halogens is 1. The van der Waals surface area contributed by atoms with Crippen LogP contribution in [0.25, 0.3) is 0 Å². The van der Waals surface area contributed by atoms with Crippen LogP contribution in [0.4, 0.5) is 10.1 Å². The molecule has 0 radical (unpaired) electrons. The van der Waals surface area contributed by atoms with E-state index in [1.165, 1.54) is 13.0 Å². The zero-order valence-corrected chi connectivity index (χ0v) is 10.7. The molecule has 0 saturated carbocycles. The number of ketones is 1. The Morgan fingerprint density at radius 1 is 1.50 bits per heavy atom. The molecule has 1 N–H and O–H groups in total. The molecule has 1 fully saturated rings. The van der Waals surface area contributed by atoms with Crippen LogP contribution in [-0.4, -0.2) is 30.1 Å². The summed E-state index contributed by atoms with van der Waals surface area (Å²) in [5.74, 6) is -0.375. The fourth-order valence-electron chi connectivity index (χ4n) is 2.33. The number of nitrogens with zero attached hydrogens (tertiary/aromatic N) is 1. The van der Waals surface area contributed by atoms with Gasteiger partial charge in [-0.1, -0.05) is 6.92 Å². The van der Waals surface area contributed by atoms with Crippen LogP contribution in [0.3, 0.4) is 0 Å². The maximum Gasteiger partial charge on any atom is 0.159 e. The Morgan fingerprint density at radius 3 is 2.78 bits per heavy atom. The largest absolute Gasteiger partial charge is 0.393 e. The molecule has 1 saturated heterocycles. The van der Waals surface area contributed by atoms with E-state index in [0.29, 0.717) is 30.8 Å². The van der Waals surface area contributed by atoms with E-state index in [9.17, 15) is 14.3 Å². The normalized spacial score (nSPS) is 24.1. The summed E-state index contributed by atoms with van der Waals surface area (Å²) in [5.41, 5.74) is 0.903. The minimum absolute atomic E-state index is 0.130. The molecule has 98 valence electrons. The van der Waals surface area contributed by atoms with Crippen LogP contribution in [0.2, 0.25) is 0 Å². The minimum atomic E-state index is -0.369. The second kappa shape index (κ2) is 5.06. The molecule has 1 aromatic carbocycles. The van der Waals surface area contributed by atoms with Crippen LogP contribution in [-0.2, 0) is 0 Å². The van der Waals surface area contributed by atoms with E-state index in [-0.39, 0.29) is 23.6 Å². The Morgan fingerprint density at radius 2 is 2.22 bits per heavy atom. The number of aliphatic hydroxyl groups is 1. The Balaban J connectivity index is 2.21. The molecule has 2 atom stereocenters. The van der Waals surface area contributed by atoms with Crippen molar-refractivity contribution in [2.24, 2.45) is 5.92 Å². The summed E-state index contributed by atoms with van der Waals surface area (Å²) in [4.78, 5) is 13.1. The van der Waals surface area contributed by atoms with Gasteiger partial charge in [0.05, 0.1) is 11.8 Å². The molecule has 1 aliphatic rings. The first-order valence-electron chi connectivity index (χ1n) is 6.22. The lowest BCUT2D eigenvalue weighted by atomic mass is 9.96. The summed E-state index contributed by atoms with van der Waals surface area (Å²) in [6.07, 6.45) is 0.343. The Hall–Kier alpha value is -1.42. The summed E-state index contributed by atoms with van der Waals surface area (Å²) < 4.78 is 14.0. The van der Waals surface area contributed by atoms with Crippen LogP contribution >= 0.6 is 0 Å². The predicted molar refractivity (Wildman–Crippen MR) is 68.4 cm³/mol. The molecule has 18 heavy (non-hydrogen) atoms. The van der Waals surface area contributed by atoms with Gasteiger partial charge in [-0.05, 0) is 37.5 Å². The Bertz CT molecular complexity index is 461. The molecule has 2 rings (SSSR count). The third-order valence-electron chi connectivity index (χ3n) is 3.55. The summed E-state index contributed by atoms with van der Waals surface area (Å²) >= 11 is 0. The molecular formula is C14H18FNO2. The van der Waals surface area contributed by atoms with E-state index in [1.54, 1.807) is 12.1 Å². The lowest BCUT2D eigenvalue weighted by Gasteiger charge is -2.36. The first-order valence-corrected chi connectivity index (χ1v) is 6.22. The van der Waals surface area contributed by atoms with E-state index in [4.69, 9.17) is 0 Å². The van der Waals surface area contributed by atoms with Crippen molar-refractivity contribution in [3.05, 3.63) is 29.6 Å². The summed E-state index contributed by atoms with van der Waals surface area (Å²) in [6.45, 7) is 4.66. The van der Waals surface area contributed by atoms with Crippen molar-refractivity contribution in [3.63, 3.8) is 0 Å². The third kappa shape index (κ3) is 2.53. The van der Waals surface area contributed by atoms with Crippen LogP contribution in [0.15, 0.2) is 18.2 Å². The van der Waals surface area contributed by atoms with Gasteiger partial charge in [-0.3, -0.25) is 4.79 Å². The van der Waals surface area contributed by atoms with Gasteiger partial charge >= 0.3 is 0 Å². The second-order valence-electron chi connectivity index (χ2n) is 5.00. The number of carbonyl (C=O) groups is 1. The lowest BCUT2D eigenvalue weighted by molar-refractivity contribution is 0.0969. The number of piperidine rings is 1. The number of anilines is 1. The van der Waals surface area contributed by atoms with Crippen LogP contribution in [0, 0.1) is 11.7 Å². The maximum atomic E-state index is 14.0. The van der Waals surface area contributed by atoms with Gasteiger partial charge in [-0.2, -0.15) is 0 Å². The average Bonchev–Trinajstić information content (AvgIpc) is 2.32. The summed E-state index contributed by atoms with van der Waals surface area (Å²) in [7, 11) is 0. The van der Waals surface area contributed by atoms with Gasteiger partial charge in [-0.15, -0.1) is 0 Å². The molecule has 0 aliphatic carbocycles. The van der Waals surface area contributed by atoms with Crippen molar-refractivity contribution in [3.8, 4) is 0 Å². The standard InChI is InChI=1S/C14H18FNO2/c1-9-8-16(6-5-14(9)18)13-4-3-11(10(2)17)7-12(13)15/h3-4,7,9,14,18H,5-6,8H2,1-2H3. The highest BCUT2D eigenvalue weighted by molar-refractivity contribution is 5.94.